The number of esters is 2. The van der Waals surface area contributed by atoms with E-state index < -0.39 is 17.4 Å². The quantitative estimate of drug-likeness (QED) is 0.536. The van der Waals surface area contributed by atoms with Crippen molar-refractivity contribution in [3.05, 3.63) is 27.2 Å². The van der Waals surface area contributed by atoms with Gasteiger partial charge in [-0.05, 0) is 37.8 Å². The molecular formula is C20H22Cl2O7. The molecule has 158 valence electrons. The van der Waals surface area contributed by atoms with Gasteiger partial charge < -0.3 is 19.0 Å². The van der Waals surface area contributed by atoms with E-state index in [-0.39, 0.29) is 59.0 Å². The van der Waals surface area contributed by atoms with Crippen molar-refractivity contribution in [2.45, 2.75) is 39.5 Å². The summed E-state index contributed by atoms with van der Waals surface area (Å²) in [6.07, 6.45) is 1.04. The zero-order valence-corrected chi connectivity index (χ0v) is 17.9. The zero-order valence-electron chi connectivity index (χ0n) is 16.4. The van der Waals surface area contributed by atoms with E-state index in [1.165, 1.54) is 21.0 Å². The van der Waals surface area contributed by atoms with Crippen molar-refractivity contribution < 1.29 is 33.4 Å². The topological polar surface area (TPSA) is 96.0 Å². The molecule has 1 aromatic rings. The van der Waals surface area contributed by atoms with E-state index in [2.05, 4.69) is 4.74 Å². The number of methoxy groups -OCH3 is 1. The lowest BCUT2D eigenvalue weighted by Crippen LogP contribution is -2.31. The van der Waals surface area contributed by atoms with Crippen molar-refractivity contribution in [1.82, 2.24) is 0 Å². The molecule has 0 aliphatic heterocycles. The summed E-state index contributed by atoms with van der Waals surface area (Å²) in [6.45, 7) is 2.43. The fourth-order valence-electron chi connectivity index (χ4n) is 3.38. The van der Waals surface area contributed by atoms with Crippen LogP contribution in [0, 0.1) is 5.41 Å². The van der Waals surface area contributed by atoms with Crippen LogP contribution in [0.3, 0.4) is 0 Å². The van der Waals surface area contributed by atoms with E-state index in [1.807, 2.05) is 0 Å². The van der Waals surface area contributed by atoms with Crippen molar-refractivity contribution in [3.8, 4) is 5.75 Å². The maximum Gasteiger partial charge on any atom is 0.343 e. The molecule has 0 bridgehead atoms. The largest absolute Gasteiger partial charge is 0.480 e. The van der Waals surface area contributed by atoms with Crippen molar-refractivity contribution in [2.24, 2.45) is 5.41 Å². The van der Waals surface area contributed by atoms with E-state index in [0.29, 0.717) is 18.4 Å². The lowest BCUT2D eigenvalue weighted by atomic mass is 9.76. The van der Waals surface area contributed by atoms with E-state index in [9.17, 15) is 19.2 Å². The third-order valence-corrected chi connectivity index (χ3v) is 5.76. The van der Waals surface area contributed by atoms with Crippen LogP contribution >= 0.6 is 23.2 Å². The molecular weight excluding hydrogens is 423 g/mol. The first kappa shape index (κ1) is 23.2. The Bertz CT molecular complexity index is 850. The molecule has 1 atom stereocenters. The summed E-state index contributed by atoms with van der Waals surface area (Å²) in [6, 6.07) is 1.58. The number of hydrogen-bond donors (Lipinski definition) is 0. The van der Waals surface area contributed by atoms with Gasteiger partial charge >= 0.3 is 11.9 Å². The number of benzene rings is 1. The molecule has 0 radical (unpaired) electrons. The number of carbonyl (C=O) groups excluding carboxylic acids is 4. The zero-order chi connectivity index (χ0) is 21.8. The van der Waals surface area contributed by atoms with Gasteiger partial charge in [0.2, 0.25) is 0 Å². The first-order valence-corrected chi connectivity index (χ1v) is 9.75. The number of hydrogen-bond acceptors (Lipinski definition) is 7. The minimum atomic E-state index is -0.933. The van der Waals surface area contributed by atoms with Gasteiger partial charge in [0.05, 0.1) is 18.7 Å². The lowest BCUT2D eigenvalue weighted by Gasteiger charge is -2.26. The Morgan fingerprint density at radius 1 is 1.14 bits per heavy atom. The minimum Gasteiger partial charge on any atom is -0.480 e. The molecule has 29 heavy (non-hydrogen) atoms. The highest BCUT2D eigenvalue weighted by molar-refractivity contribution is 6.45. The molecule has 1 aliphatic carbocycles. The van der Waals surface area contributed by atoms with E-state index in [1.54, 1.807) is 6.07 Å². The summed E-state index contributed by atoms with van der Waals surface area (Å²) in [5, 5.41) is 0.0521. The molecule has 1 aliphatic rings. The van der Waals surface area contributed by atoms with Crippen LogP contribution in [0.25, 0.3) is 0 Å². The van der Waals surface area contributed by atoms with Gasteiger partial charge in [-0.2, -0.15) is 0 Å². The average Bonchev–Trinajstić information content (AvgIpc) is 2.93. The number of fused-ring (bicyclic) bond motifs is 1. The number of halogens is 2. The van der Waals surface area contributed by atoms with Crippen LogP contribution in [0.15, 0.2) is 6.07 Å². The van der Waals surface area contributed by atoms with Crippen LogP contribution in [0.5, 0.6) is 5.75 Å². The highest BCUT2D eigenvalue weighted by Gasteiger charge is 2.47. The van der Waals surface area contributed by atoms with Gasteiger partial charge in [0.15, 0.2) is 12.4 Å². The van der Waals surface area contributed by atoms with E-state index in [0.717, 1.165) is 0 Å². The molecule has 1 unspecified atom stereocenters. The molecule has 0 spiro atoms. The standard InChI is InChI=1S/C20H22Cl2O7/c1-11(23)4-5-20(6-7-28-12(2)24)9-13-8-14(29-10-15(25)27-3)17(21)18(22)16(13)19(20)26/h8H,4-7,9-10H2,1-3H3. The smallest absolute Gasteiger partial charge is 0.343 e. The minimum absolute atomic E-state index is 0.0185. The summed E-state index contributed by atoms with van der Waals surface area (Å²) in [4.78, 5) is 47.3. The molecule has 0 N–H and O–H groups in total. The average molecular weight is 445 g/mol. The monoisotopic (exact) mass is 444 g/mol. The predicted molar refractivity (Wildman–Crippen MR) is 106 cm³/mol. The van der Waals surface area contributed by atoms with Gasteiger partial charge in [-0.3, -0.25) is 9.59 Å². The number of carbonyl (C=O) groups is 4. The second-order valence-electron chi connectivity index (χ2n) is 6.98. The van der Waals surface area contributed by atoms with Crippen LogP contribution in [-0.4, -0.2) is 43.8 Å². The highest BCUT2D eigenvalue weighted by atomic mass is 35.5. The van der Waals surface area contributed by atoms with Gasteiger partial charge in [0, 0.05) is 24.3 Å². The summed E-state index contributed by atoms with van der Waals surface area (Å²) < 4.78 is 14.9. The molecule has 0 amide bonds. The van der Waals surface area contributed by atoms with Crippen molar-refractivity contribution in [3.63, 3.8) is 0 Å². The Morgan fingerprint density at radius 2 is 1.83 bits per heavy atom. The molecule has 0 fully saturated rings. The second-order valence-corrected chi connectivity index (χ2v) is 7.74. The molecule has 7 nitrogen and oxygen atoms in total. The SMILES string of the molecule is COC(=O)COc1cc2c(c(Cl)c1Cl)C(=O)C(CCOC(C)=O)(CCC(C)=O)C2. The maximum absolute atomic E-state index is 13.3. The van der Waals surface area contributed by atoms with Crippen molar-refractivity contribution >= 4 is 46.7 Å². The second kappa shape index (κ2) is 9.59. The third kappa shape index (κ3) is 5.28. The molecule has 9 heteroatoms. The normalized spacial score (nSPS) is 17.6. The summed E-state index contributed by atoms with van der Waals surface area (Å²) >= 11 is 12.6. The van der Waals surface area contributed by atoms with Gasteiger partial charge in [-0.25, -0.2) is 4.79 Å². The van der Waals surface area contributed by atoms with Crippen molar-refractivity contribution in [1.29, 1.82) is 0 Å². The van der Waals surface area contributed by atoms with Gasteiger partial charge in [0.25, 0.3) is 0 Å². The van der Waals surface area contributed by atoms with Gasteiger partial charge in [0.1, 0.15) is 16.6 Å². The number of ether oxygens (including phenoxy) is 3. The fourth-order valence-corrected chi connectivity index (χ4v) is 3.89. The Hall–Kier alpha value is -2.12. The summed E-state index contributed by atoms with van der Waals surface area (Å²) in [7, 11) is 1.23. The summed E-state index contributed by atoms with van der Waals surface area (Å²) in [5.74, 6) is -1.17. The highest BCUT2D eigenvalue weighted by Crippen LogP contribution is 2.49. The fraction of sp³-hybridized carbons (Fsp3) is 0.500. The predicted octanol–water partition coefficient (Wildman–Crippen LogP) is 3.59. The van der Waals surface area contributed by atoms with E-state index >= 15 is 0 Å². The lowest BCUT2D eigenvalue weighted by molar-refractivity contribution is -0.143. The number of rotatable bonds is 9. The van der Waals surface area contributed by atoms with Gasteiger partial charge in [-0.15, -0.1) is 0 Å². The Labute approximate surface area is 178 Å². The number of Topliss-reactive ketones (excluding diaryl/α,β-unsaturated/α-hetero) is 2. The maximum atomic E-state index is 13.3. The molecule has 0 saturated carbocycles. The number of ketones is 2. The molecule has 1 aromatic carbocycles. The van der Waals surface area contributed by atoms with Gasteiger partial charge in [-0.1, -0.05) is 23.2 Å². The van der Waals surface area contributed by atoms with Crippen LogP contribution in [0.4, 0.5) is 0 Å². The first-order valence-electron chi connectivity index (χ1n) is 8.99. The molecule has 2 rings (SSSR count). The van der Waals surface area contributed by atoms with Crippen LogP contribution in [0.2, 0.25) is 10.0 Å². The van der Waals surface area contributed by atoms with Crippen LogP contribution < -0.4 is 4.74 Å². The summed E-state index contributed by atoms with van der Waals surface area (Å²) in [5.41, 5.74) is -0.0543. The Balaban J connectivity index is 2.37. The van der Waals surface area contributed by atoms with E-state index in [4.69, 9.17) is 32.7 Å². The Kier molecular flexibility index (Phi) is 7.66. The van der Waals surface area contributed by atoms with Crippen molar-refractivity contribution in [2.75, 3.05) is 20.3 Å². The third-order valence-electron chi connectivity index (χ3n) is 4.91. The molecule has 0 heterocycles. The molecule has 0 aromatic heterocycles. The first-order chi connectivity index (χ1) is 13.6. The Morgan fingerprint density at radius 3 is 2.41 bits per heavy atom. The molecule has 0 saturated heterocycles. The van der Waals surface area contributed by atoms with Crippen LogP contribution in [-0.2, 0) is 30.3 Å². The van der Waals surface area contributed by atoms with Crippen LogP contribution in [0.1, 0.15) is 49.0 Å².